The number of methoxy groups -OCH3 is 3. The maximum atomic E-state index is 5.32. The summed E-state index contributed by atoms with van der Waals surface area (Å²) in [5.41, 5.74) is 2.75. The molecule has 3 rings (SSSR count). The quantitative estimate of drug-likeness (QED) is 0.799. The minimum atomic E-state index is 0.674. The van der Waals surface area contributed by atoms with Crippen LogP contribution < -0.4 is 14.2 Å². The molecule has 0 aliphatic heterocycles. The van der Waals surface area contributed by atoms with Crippen LogP contribution in [0.3, 0.4) is 0 Å². The highest BCUT2D eigenvalue weighted by molar-refractivity contribution is 5.81. The number of aromatic amines is 1. The predicted molar refractivity (Wildman–Crippen MR) is 81.2 cm³/mol. The first-order chi connectivity index (χ1) is 10.2. The number of aromatic nitrogens is 2. The largest absolute Gasteiger partial charge is 0.497 e. The Kier molecular flexibility index (Phi) is 3.39. The van der Waals surface area contributed by atoms with Crippen LogP contribution in [-0.2, 0) is 0 Å². The van der Waals surface area contributed by atoms with Crippen molar-refractivity contribution in [2.75, 3.05) is 21.3 Å². The van der Waals surface area contributed by atoms with E-state index in [0.717, 1.165) is 28.2 Å². The van der Waals surface area contributed by atoms with Crippen LogP contribution in [0.5, 0.6) is 17.2 Å². The second-order valence-corrected chi connectivity index (χ2v) is 4.54. The average Bonchev–Trinajstić information content (AvgIpc) is 2.96. The third-order valence-corrected chi connectivity index (χ3v) is 3.35. The third-order valence-electron chi connectivity index (χ3n) is 3.35. The summed E-state index contributed by atoms with van der Waals surface area (Å²) in [7, 11) is 4.88. The zero-order valence-corrected chi connectivity index (χ0v) is 12.1. The van der Waals surface area contributed by atoms with E-state index >= 15 is 0 Å². The number of hydrogen-bond acceptors (Lipinski definition) is 4. The van der Waals surface area contributed by atoms with Gasteiger partial charge in [0.2, 0.25) is 0 Å². The molecular weight excluding hydrogens is 268 g/mol. The van der Waals surface area contributed by atoms with Crippen LogP contribution in [0, 0.1) is 0 Å². The molecule has 0 radical (unpaired) electrons. The second kappa shape index (κ2) is 5.36. The van der Waals surface area contributed by atoms with Crippen LogP contribution in [-0.4, -0.2) is 31.3 Å². The van der Waals surface area contributed by atoms with E-state index in [1.807, 2.05) is 36.4 Å². The lowest BCUT2D eigenvalue weighted by atomic mass is 10.2. The van der Waals surface area contributed by atoms with Crippen molar-refractivity contribution in [1.29, 1.82) is 0 Å². The van der Waals surface area contributed by atoms with Crippen molar-refractivity contribution in [3.05, 3.63) is 36.4 Å². The number of hydrogen-bond donors (Lipinski definition) is 1. The average molecular weight is 284 g/mol. The van der Waals surface area contributed by atoms with E-state index in [-0.39, 0.29) is 0 Å². The molecule has 1 N–H and O–H groups in total. The summed E-state index contributed by atoms with van der Waals surface area (Å²) in [6, 6.07) is 11.4. The van der Waals surface area contributed by atoms with Crippen molar-refractivity contribution in [2.45, 2.75) is 0 Å². The van der Waals surface area contributed by atoms with Crippen LogP contribution in [0.25, 0.3) is 22.4 Å². The maximum Gasteiger partial charge on any atom is 0.161 e. The summed E-state index contributed by atoms with van der Waals surface area (Å²) in [6.45, 7) is 0. The van der Waals surface area contributed by atoms with Gasteiger partial charge in [0.1, 0.15) is 11.6 Å². The first-order valence-corrected chi connectivity index (χ1v) is 6.51. The number of nitrogens with zero attached hydrogens (tertiary/aromatic N) is 1. The van der Waals surface area contributed by atoms with Gasteiger partial charge < -0.3 is 19.2 Å². The zero-order chi connectivity index (χ0) is 14.8. The van der Waals surface area contributed by atoms with Crippen molar-refractivity contribution in [3.63, 3.8) is 0 Å². The maximum absolute atomic E-state index is 5.32. The topological polar surface area (TPSA) is 56.4 Å². The van der Waals surface area contributed by atoms with E-state index < -0.39 is 0 Å². The lowest BCUT2D eigenvalue weighted by Gasteiger charge is -2.08. The minimum absolute atomic E-state index is 0.674. The molecular formula is C16H16N2O3. The Hall–Kier alpha value is -2.69. The Morgan fingerprint density at radius 2 is 1.67 bits per heavy atom. The fraction of sp³-hybridized carbons (Fsp3) is 0.188. The van der Waals surface area contributed by atoms with E-state index in [4.69, 9.17) is 14.2 Å². The SMILES string of the molecule is COc1ccc2nc(-c3ccc(OC)c(OC)c3)[nH]c2c1. The van der Waals surface area contributed by atoms with Crippen LogP contribution >= 0.6 is 0 Å². The number of ether oxygens (including phenoxy) is 3. The number of benzene rings is 2. The summed E-state index contributed by atoms with van der Waals surface area (Å²) in [6.07, 6.45) is 0. The molecule has 0 amide bonds. The van der Waals surface area contributed by atoms with Crippen LogP contribution in [0.4, 0.5) is 0 Å². The number of H-pyrrole nitrogens is 1. The Morgan fingerprint density at radius 1 is 0.857 bits per heavy atom. The monoisotopic (exact) mass is 284 g/mol. The van der Waals surface area contributed by atoms with Crippen molar-refractivity contribution < 1.29 is 14.2 Å². The van der Waals surface area contributed by atoms with Gasteiger partial charge in [0.25, 0.3) is 0 Å². The van der Waals surface area contributed by atoms with Crippen LogP contribution in [0.15, 0.2) is 36.4 Å². The summed E-state index contributed by atoms with van der Waals surface area (Å²) in [5, 5.41) is 0. The van der Waals surface area contributed by atoms with Gasteiger partial charge in [0.05, 0.1) is 32.4 Å². The molecule has 21 heavy (non-hydrogen) atoms. The van der Waals surface area contributed by atoms with Gasteiger partial charge in [-0.25, -0.2) is 4.98 Å². The number of fused-ring (bicyclic) bond motifs is 1. The summed E-state index contributed by atoms with van der Waals surface area (Å²) in [4.78, 5) is 7.87. The van der Waals surface area contributed by atoms with Crippen LogP contribution in [0.1, 0.15) is 0 Å². The summed E-state index contributed by atoms with van der Waals surface area (Å²) in [5.74, 6) is 2.94. The minimum Gasteiger partial charge on any atom is -0.497 e. The highest BCUT2D eigenvalue weighted by atomic mass is 16.5. The Balaban J connectivity index is 2.07. The Morgan fingerprint density at radius 3 is 2.38 bits per heavy atom. The molecule has 1 aromatic heterocycles. The predicted octanol–water partition coefficient (Wildman–Crippen LogP) is 3.26. The summed E-state index contributed by atoms with van der Waals surface area (Å²) >= 11 is 0. The van der Waals surface area contributed by atoms with E-state index in [9.17, 15) is 0 Å². The third kappa shape index (κ3) is 2.38. The summed E-state index contributed by atoms with van der Waals surface area (Å²) < 4.78 is 15.8. The van der Waals surface area contributed by atoms with Crippen molar-refractivity contribution in [1.82, 2.24) is 9.97 Å². The second-order valence-electron chi connectivity index (χ2n) is 4.54. The van der Waals surface area contributed by atoms with Gasteiger partial charge in [-0.1, -0.05) is 0 Å². The molecule has 5 heteroatoms. The number of rotatable bonds is 4. The normalized spacial score (nSPS) is 10.6. The molecule has 0 unspecified atom stereocenters. The Bertz CT molecular complexity index is 780. The molecule has 0 saturated heterocycles. The van der Waals surface area contributed by atoms with Crippen molar-refractivity contribution >= 4 is 11.0 Å². The molecule has 0 aliphatic carbocycles. The molecule has 108 valence electrons. The smallest absolute Gasteiger partial charge is 0.161 e. The molecule has 0 bridgehead atoms. The first-order valence-electron chi connectivity index (χ1n) is 6.51. The molecule has 0 aliphatic rings. The van der Waals surface area contributed by atoms with Crippen LogP contribution in [0.2, 0.25) is 0 Å². The molecule has 0 atom stereocenters. The molecule has 2 aromatic carbocycles. The zero-order valence-electron chi connectivity index (χ0n) is 12.1. The lowest BCUT2D eigenvalue weighted by molar-refractivity contribution is 0.355. The fourth-order valence-corrected chi connectivity index (χ4v) is 2.24. The highest BCUT2D eigenvalue weighted by Crippen LogP contribution is 2.32. The molecule has 0 saturated carbocycles. The molecule has 5 nitrogen and oxygen atoms in total. The van der Waals surface area contributed by atoms with Crippen molar-refractivity contribution in [3.8, 4) is 28.6 Å². The van der Waals surface area contributed by atoms with Crippen molar-refractivity contribution in [2.24, 2.45) is 0 Å². The number of imidazole rings is 1. The Labute approximate surface area is 122 Å². The molecule has 0 spiro atoms. The fourth-order valence-electron chi connectivity index (χ4n) is 2.24. The van der Waals surface area contributed by atoms with Gasteiger partial charge >= 0.3 is 0 Å². The lowest BCUT2D eigenvalue weighted by Crippen LogP contribution is -1.91. The van der Waals surface area contributed by atoms with Gasteiger partial charge in [0, 0.05) is 11.6 Å². The highest BCUT2D eigenvalue weighted by Gasteiger charge is 2.10. The van der Waals surface area contributed by atoms with Gasteiger partial charge in [-0.2, -0.15) is 0 Å². The molecule has 0 fully saturated rings. The number of nitrogens with one attached hydrogen (secondary N) is 1. The van der Waals surface area contributed by atoms with E-state index in [1.54, 1.807) is 21.3 Å². The van der Waals surface area contributed by atoms with E-state index in [1.165, 1.54) is 0 Å². The van der Waals surface area contributed by atoms with Gasteiger partial charge in [-0.3, -0.25) is 0 Å². The van der Waals surface area contributed by atoms with Gasteiger partial charge in [-0.05, 0) is 30.3 Å². The van der Waals surface area contributed by atoms with Gasteiger partial charge in [0.15, 0.2) is 11.5 Å². The van der Waals surface area contributed by atoms with E-state index in [0.29, 0.717) is 11.5 Å². The standard InChI is InChI=1S/C16H16N2O3/c1-19-11-5-6-12-13(9-11)18-16(17-12)10-4-7-14(20-2)15(8-10)21-3/h4-9H,1-3H3,(H,17,18). The van der Waals surface area contributed by atoms with Gasteiger partial charge in [-0.15, -0.1) is 0 Å². The molecule has 1 heterocycles. The molecule has 3 aromatic rings. The first kappa shape index (κ1) is 13.3. The van der Waals surface area contributed by atoms with E-state index in [2.05, 4.69) is 9.97 Å².